The van der Waals surface area contributed by atoms with Crippen molar-refractivity contribution in [3.63, 3.8) is 0 Å². The van der Waals surface area contributed by atoms with Crippen molar-refractivity contribution in [2.24, 2.45) is 0 Å². The van der Waals surface area contributed by atoms with E-state index in [-0.39, 0.29) is 11.5 Å². The predicted molar refractivity (Wildman–Crippen MR) is 110 cm³/mol. The van der Waals surface area contributed by atoms with Crippen LogP contribution in [0.25, 0.3) is 5.69 Å². The molecule has 0 saturated heterocycles. The van der Waals surface area contributed by atoms with Gasteiger partial charge >= 0.3 is 5.97 Å². The molecule has 0 radical (unpaired) electrons. The number of esters is 1. The minimum absolute atomic E-state index is 0.0561. The van der Waals surface area contributed by atoms with Gasteiger partial charge in [-0.05, 0) is 32.4 Å². The number of carbonyl (C=O) groups excluding carboxylic acids is 1. The molecule has 1 aliphatic rings. The monoisotopic (exact) mass is 404 g/mol. The van der Waals surface area contributed by atoms with E-state index in [0.29, 0.717) is 23.4 Å². The Morgan fingerprint density at radius 1 is 1.37 bits per heavy atom. The van der Waals surface area contributed by atoms with Gasteiger partial charge in [-0.2, -0.15) is 0 Å². The number of nitrogens with zero attached hydrogens (tertiary/aromatic N) is 2. The van der Waals surface area contributed by atoms with Gasteiger partial charge in [0.25, 0.3) is 5.56 Å². The molecule has 7 heteroatoms. The average Bonchev–Trinajstić information content (AvgIpc) is 3.02. The molecule has 1 aromatic heterocycles. The number of fused-ring (bicyclic) bond motifs is 1. The van der Waals surface area contributed by atoms with E-state index in [1.807, 2.05) is 38.1 Å². The SMILES string of the molecule is CCOC(=O)[C@H](CC)Sc1nc2c(c(=O)n1-c1ccc(C)cc1)S[C@H](C)C2. The first kappa shape index (κ1) is 20.0. The number of rotatable bonds is 6. The third-order valence-electron chi connectivity index (χ3n) is 4.34. The van der Waals surface area contributed by atoms with Gasteiger partial charge in [-0.3, -0.25) is 14.2 Å². The van der Waals surface area contributed by atoms with E-state index in [1.165, 1.54) is 11.8 Å². The van der Waals surface area contributed by atoms with Crippen LogP contribution < -0.4 is 5.56 Å². The van der Waals surface area contributed by atoms with Crippen molar-refractivity contribution in [1.29, 1.82) is 0 Å². The maximum atomic E-state index is 13.3. The molecular weight excluding hydrogens is 380 g/mol. The number of benzene rings is 1. The maximum absolute atomic E-state index is 13.3. The highest BCUT2D eigenvalue weighted by Gasteiger charge is 2.29. The van der Waals surface area contributed by atoms with Gasteiger partial charge in [0.15, 0.2) is 5.16 Å². The number of ether oxygens (including phenoxy) is 1. The highest BCUT2D eigenvalue weighted by Crippen LogP contribution is 2.36. The zero-order chi connectivity index (χ0) is 19.6. The van der Waals surface area contributed by atoms with Crippen molar-refractivity contribution in [1.82, 2.24) is 9.55 Å². The van der Waals surface area contributed by atoms with Crippen LogP contribution in [0.15, 0.2) is 39.1 Å². The zero-order valence-electron chi connectivity index (χ0n) is 16.0. The van der Waals surface area contributed by atoms with E-state index >= 15 is 0 Å². The second kappa shape index (κ2) is 8.52. The maximum Gasteiger partial charge on any atom is 0.319 e. The van der Waals surface area contributed by atoms with Gasteiger partial charge in [0.05, 0.1) is 22.9 Å². The molecule has 0 saturated carbocycles. The van der Waals surface area contributed by atoms with Crippen LogP contribution in [-0.2, 0) is 16.0 Å². The van der Waals surface area contributed by atoms with E-state index in [2.05, 4.69) is 6.92 Å². The van der Waals surface area contributed by atoms with Crippen molar-refractivity contribution < 1.29 is 9.53 Å². The van der Waals surface area contributed by atoms with Gasteiger partial charge in [-0.25, -0.2) is 4.98 Å². The first-order valence-electron chi connectivity index (χ1n) is 9.17. The average molecular weight is 405 g/mol. The summed E-state index contributed by atoms with van der Waals surface area (Å²) in [6.07, 6.45) is 1.38. The Morgan fingerprint density at radius 3 is 2.70 bits per heavy atom. The van der Waals surface area contributed by atoms with Gasteiger partial charge in [0, 0.05) is 11.7 Å². The fourth-order valence-electron chi connectivity index (χ4n) is 2.96. The number of carbonyl (C=O) groups is 1. The van der Waals surface area contributed by atoms with Crippen molar-refractivity contribution in [3.8, 4) is 5.69 Å². The molecular formula is C20H24N2O3S2. The van der Waals surface area contributed by atoms with Gasteiger partial charge in [0.1, 0.15) is 5.25 Å². The summed E-state index contributed by atoms with van der Waals surface area (Å²) in [6, 6.07) is 7.79. The van der Waals surface area contributed by atoms with E-state index < -0.39 is 5.25 Å². The molecule has 2 aromatic rings. The number of aromatic nitrogens is 2. The Morgan fingerprint density at radius 2 is 2.07 bits per heavy atom. The lowest BCUT2D eigenvalue weighted by molar-refractivity contribution is -0.142. The third kappa shape index (κ3) is 4.24. The van der Waals surface area contributed by atoms with Crippen LogP contribution in [0.2, 0.25) is 0 Å². The Kier molecular flexibility index (Phi) is 6.32. The Hall–Kier alpha value is -1.73. The van der Waals surface area contributed by atoms with E-state index in [9.17, 15) is 9.59 Å². The lowest BCUT2D eigenvalue weighted by atomic mass is 10.2. The fraction of sp³-hybridized carbons (Fsp3) is 0.450. The second-order valence-electron chi connectivity index (χ2n) is 6.55. The van der Waals surface area contributed by atoms with E-state index in [4.69, 9.17) is 9.72 Å². The van der Waals surface area contributed by atoms with Gasteiger partial charge < -0.3 is 4.74 Å². The molecule has 0 N–H and O–H groups in total. The first-order chi connectivity index (χ1) is 12.9. The molecule has 0 spiro atoms. The van der Waals surface area contributed by atoms with Crippen molar-refractivity contribution in [2.75, 3.05) is 6.61 Å². The normalized spacial score (nSPS) is 16.8. The Bertz CT molecular complexity index is 893. The largest absolute Gasteiger partial charge is 0.465 e. The molecule has 0 bridgehead atoms. The minimum atomic E-state index is -0.391. The topological polar surface area (TPSA) is 61.2 Å². The van der Waals surface area contributed by atoms with E-state index in [1.54, 1.807) is 23.3 Å². The summed E-state index contributed by atoms with van der Waals surface area (Å²) in [4.78, 5) is 31.0. The van der Waals surface area contributed by atoms with Gasteiger partial charge in [-0.15, -0.1) is 11.8 Å². The predicted octanol–water partition coefficient (Wildman–Crippen LogP) is 4.01. The lowest BCUT2D eigenvalue weighted by Crippen LogP contribution is -2.26. The van der Waals surface area contributed by atoms with Crippen LogP contribution in [0.1, 0.15) is 38.4 Å². The summed E-state index contributed by atoms with van der Waals surface area (Å²) in [5.41, 5.74) is 2.67. The molecule has 5 nitrogen and oxygen atoms in total. The van der Waals surface area contributed by atoms with Crippen LogP contribution in [0.4, 0.5) is 0 Å². The fourth-order valence-corrected chi connectivity index (χ4v) is 5.10. The van der Waals surface area contributed by atoms with Crippen LogP contribution >= 0.6 is 23.5 Å². The molecule has 144 valence electrons. The highest BCUT2D eigenvalue weighted by atomic mass is 32.2. The third-order valence-corrected chi connectivity index (χ3v) is 6.85. The lowest BCUT2D eigenvalue weighted by Gasteiger charge is -2.17. The van der Waals surface area contributed by atoms with Gasteiger partial charge in [-0.1, -0.05) is 43.3 Å². The minimum Gasteiger partial charge on any atom is -0.465 e. The summed E-state index contributed by atoms with van der Waals surface area (Å²) < 4.78 is 6.82. The van der Waals surface area contributed by atoms with Gasteiger partial charge in [0.2, 0.25) is 0 Å². The van der Waals surface area contributed by atoms with Crippen molar-refractivity contribution >= 4 is 29.5 Å². The molecule has 1 aliphatic heterocycles. The Labute approximate surface area is 167 Å². The summed E-state index contributed by atoms with van der Waals surface area (Å²) in [5, 5.41) is 0.495. The Balaban J connectivity index is 2.10. The molecule has 1 aromatic carbocycles. The summed E-state index contributed by atoms with van der Waals surface area (Å²) in [5.74, 6) is -0.266. The van der Waals surface area contributed by atoms with Crippen LogP contribution in [-0.4, -0.2) is 32.6 Å². The van der Waals surface area contributed by atoms with Crippen LogP contribution in [0, 0.1) is 6.92 Å². The first-order valence-corrected chi connectivity index (χ1v) is 10.9. The van der Waals surface area contributed by atoms with Crippen molar-refractivity contribution in [2.45, 2.75) is 61.1 Å². The second-order valence-corrected chi connectivity index (χ2v) is 9.16. The van der Waals surface area contributed by atoms with Crippen LogP contribution in [0.5, 0.6) is 0 Å². The molecule has 0 fully saturated rings. The number of thioether (sulfide) groups is 2. The molecule has 3 rings (SSSR count). The van der Waals surface area contributed by atoms with Crippen LogP contribution in [0.3, 0.4) is 0 Å². The molecule has 0 unspecified atom stereocenters. The number of hydrogen-bond acceptors (Lipinski definition) is 6. The van der Waals surface area contributed by atoms with Crippen molar-refractivity contribution in [3.05, 3.63) is 45.9 Å². The molecule has 2 atom stereocenters. The summed E-state index contributed by atoms with van der Waals surface area (Å²) in [7, 11) is 0. The summed E-state index contributed by atoms with van der Waals surface area (Å²) >= 11 is 2.89. The molecule has 0 aliphatic carbocycles. The molecule has 27 heavy (non-hydrogen) atoms. The van der Waals surface area contributed by atoms with E-state index in [0.717, 1.165) is 28.3 Å². The molecule has 0 amide bonds. The summed E-state index contributed by atoms with van der Waals surface area (Å²) in [6.45, 7) is 8.18. The number of hydrogen-bond donors (Lipinski definition) is 0. The number of aryl methyl sites for hydroxylation is 1. The molecule has 2 heterocycles. The zero-order valence-corrected chi connectivity index (χ0v) is 17.7. The quantitative estimate of drug-likeness (QED) is 0.412. The standard InChI is InChI=1S/C20H24N2O3S2/c1-5-16(19(24)25-6-2)27-20-21-15-11-13(4)26-17(15)18(23)22(20)14-9-7-12(3)8-10-14/h7-10,13,16H,5-6,11H2,1-4H3/t13-,16+/m1/s1. The smallest absolute Gasteiger partial charge is 0.319 e. The highest BCUT2D eigenvalue weighted by molar-refractivity contribution is 8.00.